The highest BCUT2D eigenvalue weighted by molar-refractivity contribution is 7.99. The van der Waals surface area contributed by atoms with Crippen LogP contribution in [0.3, 0.4) is 0 Å². The molecule has 18 heavy (non-hydrogen) atoms. The topological polar surface area (TPSA) is 24.9 Å². The smallest absolute Gasteiger partial charge is 0.152 e. The van der Waals surface area contributed by atoms with Crippen LogP contribution in [-0.2, 0) is 0 Å². The highest BCUT2D eigenvalue weighted by atomic mass is 35.5. The lowest BCUT2D eigenvalue weighted by Gasteiger charge is -2.26. The van der Waals surface area contributed by atoms with E-state index in [0.29, 0.717) is 11.2 Å². The maximum Gasteiger partial charge on any atom is 0.152 e. The summed E-state index contributed by atoms with van der Waals surface area (Å²) in [5.41, 5.74) is 2.26. The molecule has 2 nitrogen and oxygen atoms in total. The third-order valence-electron chi connectivity index (χ3n) is 3.05. The molecule has 0 bridgehead atoms. The fraction of sp³-hybridized carbons (Fsp3) is 0.214. The first kappa shape index (κ1) is 11.9. The van der Waals surface area contributed by atoms with Crippen molar-refractivity contribution in [2.75, 3.05) is 11.1 Å². The molecule has 0 spiro atoms. The van der Waals surface area contributed by atoms with Crippen molar-refractivity contribution < 1.29 is 0 Å². The summed E-state index contributed by atoms with van der Waals surface area (Å²) in [4.78, 5) is 5.46. The van der Waals surface area contributed by atoms with Crippen LogP contribution in [0.5, 0.6) is 0 Å². The summed E-state index contributed by atoms with van der Waals surface area (Å²) in [6, 6.07) is 12.7. The minimum absolute atomic E-state index is 0.323. The molecule has 0 saturated heterocycles. The number of nitrogens with zero attached hydrogens (tertiary/aromatic N) is 1. The van der Waals surface area contributed by atoms with Crippen LogP contribution >= 0.6 is 23.4 Å². The number of benzene rings is 1. The van der Waals surface area contributed by atoms with Crippen molar-refractivity contribution in [3.63, 3.8) is 0 Å². The first-order valence-electron chi connectivity index (χ1n) is 5.93. The Morgan fingerprint density at radius 1 is 1.22 bits per heavy atom. The summed E-state index contributed by atoms with van der Waals surface area (Å²) >= 11 is 8.01. The van der Waals surface area contributed by atoms with Crippen molar-refractivity contribution in [3.8, 4) is 0 Å². The van der Waals surface area contributed by atoms with Gasteiger partial charge in [0.1, 0.15) is 0 Å². The predicted molar refractivity (Wildman–Crippen MR) is 77.4 cm³/mol. The SMILES string of the molecule is Clc1ncccc1NC1CCSc2ccccc21. The largest absolute Gasteiger partial charge is 0.376 e. The zero-order valence-corrected chi connectivity index (χ0v) is 11.3. The molecular weight excluding hydrogens is 264 g/mol. The van der Waals surface area contributed by atoms with E-state index in [1.807, 2.05) is 23.9 Å². The molecule has 1 aromatic carbocycles. The van der Waals surface area contributed by atoms with Gasteiger partial charge in [0.2, 0.25) is 0 Å². The molecule has 0 fully saturated rings. The fourth-order valence-corrected chi connectivity index (χ4v) is 3.47. The second-order valence-electron chi connectivity index (χ2n) is 4.21. The van der Waals surface area contributed by atoms with Gasteiger partial charge in [-0.2, -0.15) is 0 Å². The zero-order chi connectivity index (χ0) is 12.4. The predicted octanol–water partition coefficient (Wildman–Crippen LogP) is 4.38. The molecule has 0 aliphatic carbocycles. The van der Waals surface area contributed by atoms with Crippen LogP contribution < -0.4 is 5.32 Å². The third kappa shape index (κ3) is 2.33. The average molecular weight is 277 g/mol. The normalized spacial score (nSPS) is 18.2. The summed E-state index contributed by atoms with van der Waals surface area (Å²) in [5.74, 6) is 1.13. The monoisotopic (exact) mass is 276 g/mol. The van der Waals surface area contributed by atoms with E-state index in [0.717, 1.165) is 17.9 Å². The van der Waals surface area contributed by atoms with E-state index in [2.05, 4.69) is 34.6 Å². The molecular formula is C14H13ClN2S. The highest BCUT2D eigenvalue weighted by Crippen LogP contribution is 2.38. The Bertz CT molecular complexity index is 559. The van der Waals surface area contributed by atoms with Gasteiger partial charge in [-0.1, -0.05) is 29.8 Å². The molecule has 2 aromatic rings. The Kier molecular flexibility index (Phi) is 3.43. The molecule has 1 N–H and O–H groups in total. The Morgan fingerprint density at radius 2 is 2.11 bits per heavy atom. The lowest BCUT2D eigenvalue weighted by molar-refractivity contribution is 0.728. The number of hydrogen-bond acceptors (Lipinski definition) is 3. The van der Waals surface area contributed by atoms with Crippen molar-refractivity contribution in [3.05, 3.63) is 53.3 Å². The van der Waals surface area contributed by atoms with E-state index in [1.54, 1.807) is 6.20 Å². The van der Waals surface area contributed by atoms with Gasteiger partial charge in [-0.15, -0.1) is 11.8 Å². The van der Waals surface area contributed by atoms with E-state index < -0.39 is 0 Å². The lowest BCUT2D eigenvalue weighted by Crippen LogP contribution is -2.16. The van der Waals surface area contributed by atoms with E-state index in [1.165, 1.54) is 10.5 Å². The van der Waals surface area contributed by atoms with Crippen LogP contribution in [0.2, 0.25) is 5.15 Å². The molecule has 1 aliphatic rings. The van der Waals surface area contributed by atoms with Gasteiger partial charge in [0.15, 0.2) is 5.15 Å². The van der Waals surface area contributed by atoms with Gasteiger partial charge in [-0.25, -0.2) is 4.98 Å². The number of fused-ring (bicyclic) bond motifs is 1. The number of hydrogen-bond donors (Lipinski definition) is 1. The second kappa shape index (κ2) is 5.21. The van der Waals surface area contributed by atoms with Crippen molar-refractivity contribution in [2.45, 2.75) is 17.4 Å². The molecule has 0 amide bonds. The summed E-state index contributed by atoms with van der Waals surface area (Å²) in [6.45, 7) is 0. The van der Waals surface area contributed by atoms with Crippen LogP contribution in [-0.4, -0.2) is 10.7 Å². The van der Waals surface area contributed by atoms with Gasteiger partial charge in [0.25, 0.3) is 0 Å². The highest BCUT2D eigenvalue weighted by Gasteiger charge is 2.20. The first-order valence-corrected chi connectivity index (χ1v) is 7.30. The van der Waals surface area contributed by atoms with Crippen LogP contribution in [0.15, 0.2) is 47.5 Å². The Morgan fingerprint density at radius 3 is 3.00 bits per heavy atom. The number of nitrogens with one attached hydrogen (secondary N) is 1. The molecule has 1 aliphatic heterocycles. The third-order valence-corrected chi connectivity index (χ3v) is 4.47. The number of pyridine rings is 1. The molecule has 0 saturated carbocycles. The first-order chi connectivity index (χ1) is 8.84. The molecule has 2 heterocycles. The van der Waals surface area contributed by atoms with Gasteiger partial charge in [-0.3, -0.25) is 0 Å². The zero-order valence-electron chi connectivity index (χ0n) is 9.77. The van der Waals surface area contributed by atoms with Gasteiger partial charge >= 0.3 is 0 Å². The fourth-order valence-electron chi connectivity index (χ4n) is 2.17. The molecule has 3 rings (SSSR count). The van der Waals surface area contributed by atoms with Gasteiger partial charge in [0, 0.05) is 16.8 Å². The number of thioether (sulfide) groups is 1. The van der Waals surface area contributed by atoms with Crippen molar-refractivity contribution in [2.24, 2.45) is 0 Å². The maximum absolute atomic E-state index is 6.09. The summed E-state index contributed by atoms with van der Waals surface area (Å²) in [6.07, 6.45) is 2.81. The Balaban J connectivity index is 1.89. The Labute approximate surface area is 116 Å². The molecule has 0 radical (unpaired) electrons. The minimum atomic E-state index is 0.323. The molecule has 1 unspecified atom stereocenters. The molecule has 92 valence electrons. The minimum Gasteiger partial charge on any atom is -0.376 e. The van der Waals surface area contributed by atoms with E-state index in [4.69, 9.17) is 11.6 Å². The second-order valence-corrected chi connectivity index (χ2v) is 5.71. The van der Waals surface area contributed by atoms with Gasteiger partial charge < -0.3 is 5.32 Å². The van der Waals surface area contributed by atoms with Crippen LogP contribution in [0.1, 0.15) is 18.0 Å². The summed E-state index contributed by atoms with van der Waals surface area (Å²) in [7, 11) is 0. The average Bonchev–Trinajstić information content (AvgIpc) is 2.42. The van der Waals surface area contributed by atoms with E-state index >= 15 is 0 Å². The molecule has 1 aromatic heterocycles. The maximum atomic E-state index is 6.09. The van der Waals surface area contributed by atoms with Crippen LogP contribution in [0.25, 0.3) is 0 Å². The van der Waals surface area contributed by atoms with Crippen LogP contribution in [0, 0.1) is 0 Å². The number of aromatic nitrogens is 1. The number of anilines is 1. The molecule has 1 atom stereocenters. The summed E-state index contributed by atoms with van der Waals surface area (Å²) < 4.78 is 0. The number of rotatable bonds is 2. The van der Waals surface area contributed by atoms with Crippen molar-refractivity contribution in [1.29, 1.82) is 0 Å². The lowest BCUT2D eigenvalue weighted by atomic mass is 10.0. The quantitative estimate of drug-likeness (QED) is 0.824. The molecule has 4 heteroatoms. The van der Waals surface area contributed by atoms with Crippen LogP contribution in [0.4, 0.5) is 5.69 Å². The van der Waals surface area contributed by atoms with Crippen molar-refractivity contribution in [1.82, 2.24) is 4.98 Å². The van der Waals surface area contributed by atoms with E-state index in [9.17, 15) is 0 Å². The Hall–Kier alpha value is -1.19. The number of halogens is 1. The standard InChI is InChI=1S/C14H13ClN2S/c15-14-12(5-3-8-16-14)17-11-7-9-18-13-6-2-1-4-10(11)13/h1-6,8,11,17H,7,9H2. The van der Waals surface area contributed by atoms with Gasteiger partial charge in [0.05, 0.1) is 11.7 Å². The van der Waals surface area contributed by atoms with Gasteiger partial charge in [-0.05, 0) is 30.2 Å². The van der Waals surface area contributed by atoms with Crippen molar-refractivity contribution >= 4 is 29.1 Å². The van der Waals surface area contributed by atoms with E-state index in [-0.39, 0.29) is 0 Å². The summed E-state index contributed by atoms with van der Waals surface area (Å²) in [5, 5.41) is 4.03.